The molecule has 0 atom stereocenters. The van der Waals surface area contributed by atoms with Crippen LogP contribution < -0.4 is 0 Å². The molecule has 0 fully saturated rings. The van der Waals surface area contributed by atoms with Crippen molar-refractivity contribution < 1.29 is 28.7 Å². The minimum atomic E-state index is -3.87. The van der Waals surface area contributed by atoms with Crippen molar-refractivity contribution in [2.45, 2.75) is 12.8 Å². The predicted molar refractivity (Wildman–Crippen MR) is 68.0 cm³/mol. The van der Waals surface area contributed by atoms with Gasteiger partial charge in [0.2, 0.25) is 0 Å². The van der Waals surface area contributed by atoms with E-state index in [1.807, 2.05) is 0 Å². The molecule has 0 amide bonds. The van der Waals surface area contributed by atoms with Crippen LogP contribution in [0.5, 0.6) is 0 Å². The molecule has 0 aliphatic rings. The second kappa shape index (κ2) is 8.16. The van der Waals surface area contributed by atoms with E-state index < -0.39 is 15.2 Å². The summed E-state index contributed by atoms with van der Waals surface area (Å²) in [5, 5.41) is 0. The Balaban J connectivity index is 3.23. The Morgan fingerprint density at radius 2 is 1.06 bits per heavy atom. The Morgan fingerprint density at radius 1 is 0.750 bits per heavy atom. The van der Waals surface area contributed by atoms with Crippen molar-refractivity contribution in [3.63, 3.8) is 0 Å². The molecule has 4 N–H and O–H groups in total. The summed E-state index contributed by atoms with van der Waals surface area (Å²) in [6, 6.07) is 0. The summed E-state index contributed by atoms with van der Waals surface area (Å²) in [6.07, 6.45) is 0.674. The van der Waals surface area contributed by atoms with Crippen LogP contribution in [0.2, 0.25) is 0 Å². The Morgan fingerprint density at radius 3 is 1.31 bits per heavy atom. The lowest BCUT2D eigenvalue weighted by molar-refractivity contribution is 0.370. The molecule has 6 nitrogen and oxygen atoms in total. The van der Waals surface area contributed by atoms with Gasteiger partial charge < -0.3 is 19.6 Å². The highest BCUT2D eigenvalue weighted by Crippen LogP contribution is 2.37. The lowest BCUT2D eigenvalue weighted by Gasteiger charge is -2.04. The first kappa shape index (κ1) is 17.0. The Hall–Kier alpha value is 1.000. The van der Waals surface area contributed by atoms with Crippen LogP contribution in [0.1, 0.15) is 12.8 Å². The zero-order chi connectivity index (χ0) is 12.7. The van der Waals surface area contributed by atoms with Crippen LogP contribution in [0.25, 0.3) is 0 Å². The normalized spacial score (nSPS) is 13.0. The minimum Gasteiger partial charge on any atom is -0.324 e. The van der Waals surface area contributed by atoms with Gasteiger partial charge in [-0.15, -0.1) is 0 Å². The predicted octanol–water partition coefficient (Wildman–Crippen LogP) is 1.50. The summed E-state index contributed by atoms with van der Waals surface area (Å²) in [6.45, 7) is 0. The van der Waals surface area contributed by atoms with Crippen molar-refractivity contribution in [3.05, 3.63) is 0 Å². The maximum absolute atomic E-state index is 10.5. The number of hydrogen-bond acceptors (Lipinski definition) is 4. The van der Waals surface area contributed by atoms with Crippen LogP contribution >= 0.6 is 36.8 Å². The van der Waals surface area contributed by atoms with E-state index in [0.717, 1.165) is 0 Å². The molecule has 0 aliphatic carbocycles. The number of hydrogen-bond donors (Lipinski definition) is 4. The minimum absolute atomic E-state index is 0.108. The molecule has 0 heterocycles. The first-order valence-corrected chi connectivity index (χ1v) is 10.6. The molecule has 10 heteroatoms. The van der Waals surface area contributed by atoms with E-state index in [9.17, 15) is 9.13 Å². The third-order valence-corrected chi connectivity index (χ3v) is 5.81. The Bertz CT molecular complexity index is 246. The van der Waals surface area contributed by atoms with E-state index in [2.05, 4.69) is 0 Å². The molecule has 0 spiro atoms. The summed E-state index contributed by atoms with van der Waals surface area (Å²) < 4.78 is 20.9. The molecule has 0 aromatic carbocycles. The highest BCUT2D eigenvalue weighted by Gasteiger charge is 2.12. The van der Waals surface area contributed by atoms with Gasteiger partial charge in [0, 0.05) is 11.5 Å². The summed E-state index contributed by atoms with van der Waals surface area (Å²) in [5.41, 5.74) is 0. The highest BCUT2D eigenvalue weighted by atomic mass is 33.1. The van der Waals surface area contributed by atoms with E-state index >= 15 is 0 Å². The van der Waals surface area contributed by atoms with Crippen LogP contribution in [-0.2, 0) is 9.13 Å². The van der Waals surface area contributed by atoms with Gasteiger partial charge in [0.15, 0.2) is 0 Å². The fraction of sp³-hybridized carbons (Fsp3) is 1.00. The van der Waals surface area contributed by atoms with Crippen LogP contribution in [0.4, 0.5) is 0 Å². The average Bonchev–Trinajstić information content (AvgIpc) is 2.06. The van der Waals surface area contributed by atoms with Gasteiger partial charge in [-0.05, 0) is 12.8 Å². The quantitative estimate of drug-likeness (QED) is 0.288. The van der Waals surface area contributed by atoms with E-state index in [1.165, 1.54) is 21.6 Å². The molecule has 0 rings (SSSR count). The van der Waals surface area contributed by atoms with Crippen LogP contribution in [-0.4, -0.2) is 43.4 Å². The lowest BCUT2D eigenvalue weighted by atomic mass is 10.6. The highest BCUT2D eigenvalue weighted by molar-refractivity contribution is 8.76. The topological polar surface area (TPSA) is 115 Å². The third-order valence-electron chi connectivity index (χ3n) is 1.44. The second-order valence-corrected chi connectivity index (χ2v) is 9.38. The van der Waals surface area contributed by atoms with Gasteiger partial charge in [0.1, 0.15) is 0 Å². The van der Waals surface area contributed by atoms with Gasteiger partial charge in [-0.25, -0.2) is 0 Å². The van der Waals surface area contributed by atoms with Crippen LogP contribution in [0.15, 0.2) is 0 Å². The molecule has 0 aliphatic heterocycles. The molecule has 16 heavy (non-hydrogen) atoms. The fourth-order valence-electron chi connectivity index (χ4n) is 0.777. The van der Waals surface area contributed by atoms with Crippen molar-refractivity contribution >= 4 is 36.8 Å². The maximum atomic E-state index is 10.5. The zero-order valence-corrected chi connectivity index (χ0v) is 12.0. The molecule has 0 saturated carbocycles. The van der Waals surface area contributed by atoms with Crippen molar-refractivity contribution in [3.8, 4) is 0 Å². The monoisotopic (exact) mass is 310 g/mol. The molecule has 0 aromatic rings. The Kier molecular flexibility index (Phi) is 8.67. The van der Waals surface area contributed by atoms with Crippen molar-refractivity contribution in [2.24, 2.45) is 0 Å². The second-order valence-electron chi connectivity index (χ2n) is 3.13. The van der Waals surface area contributed by atoms with Crippen molar-refractivity contribution in [1.29, 1.82) is 0 Å². The van der Waals surface area contributed by atoms with Gasteiger partial charge in [0.05, 0.1) is 12.3 Å². The smallest absolute Gasteiger partial charge is 0.324 e. The number of rotatable bonds is 9. The van der Waals surface area contributed by atoms with Gasteiger partial charge in [-0.2, -0.15) is 0 Å². The first-order chi connectivity index (χ1) is 7.21. The van der Waals surface area contributed by atoms with E-state index in [0.29, 0.717) is 24.3 Å². The molecule has 0 unspecified atom stereocenters. The first-order valence-electron chi connectivity index (χ1n) is 4.54. The van der Waals surface area contributed by atoms with Gasteiger partial charge in [-0.3, -0.25) is 9.13 Å². The summed E-state index contributed by atoms with van der Waals surface area (Å²) in [5.74, 6) is 1.26. The third kappa shape index (κ3) is 15.0. The van der Waals surface area contributed by atoms with Gasteiger partial charge in [-0.1, -0.05) is 21.6 Å². The Labute approximate surface area is 102 Å². The summed E-state index contributed by atoms with van der Waals surface area (Å²) in [7, 11) is -4.82. The van der Waals surface area contributed by atoms with Gasteiger partial charge in [0.25, 0.3) is 0 Å². The summed E-state index contributed by atoms with van der Waals surface area (Å²) in [4.78, 5) is 34.2. The SMILES string of the molecule is O=P(O)(O)CCCSSCCCP(=O)(O)O. The molecule has 0 radical (unpaired) electrons. The van der Waals surface area contributed by atoms with E-state index in [4.69, 9.17) is 19.6 Å². The average molecular weight is 310 g/mol. The van der Waals surface area contributed by atoms with Crippen LogP contribution in [0, 0.1) is 0 Å². The van der Waals surface area contributed by atoms with E-state index in [1.54, 1.807) is 0 Å². The zero-order valence-electron chi connectivity index (χ0n) is 8.56. The van der Waals surface area contributed by atoms with Crippen molar-refractivity contribution in [1.82, 2.24) is 0 Å². The molecule has 0 saturated heterocycles. The maximum Gasteiger partial charge on any atom is 0.325 e. The summed E-state index contributed by atoms with van der Waals surface area (Å²) >= 11 is 0. The largest absolute Gasteiger partial charge is 0.325 e. The molecule has 0 aromatic heterocycles. The molecular formula is C6H16O6P2S2. The lowest BCUT2D eigenvalue weighted by Crippen LogP contribution is -1.91. The van der Waals surface area contributed by atoms with Crippen LogP contribution in [0.3, 0.4) is 0 Å². The molecule has 0 bridgehead atoms. The molecular weight excluding hydrogens is 294 g/mol. The fourth-order valence-corrected chi connectivity index (χ4v) is 4.52. The van der Waals surface area contributed by atoms with Gasteiger partial charge >= 0.3 is 15.2 Å². The molecule has 98 valence electrons. The standard InChI is InChI=1S/C6H16O6P2S2/c7-13(8,9)3-1-5-15-16-6-2-4-14(10,11)12/h1-6H2,(H2,7,8,9)(H2,10,11,12). The van der Waals surface area contributed by atoms with E-state index in [-0.39, 0.29) is 12.3 Å². The van der Waals surface area contributed by atoms with Crippen molar-refractivity contribution in [2.75, 3.05) is 23.8 Å².